The Morgan fingerprint density at radius 3 is 2.76 bits per heavy atom. The summed E-state index contributed by atoms with van der Waals surface area (Å²) in [6, 6.07) is 8.20. The van der Waals surface area contributed by atoms with Crippen LogP contribution in [-0.2, 0) is 6.42 Å². The van der Waals surface area contributed by atoms with Gasteiger partial charge in [-0.2, -0.15) is 0 Å². The zero-order valence-electron chi connectivity index (χ0n) is 12.9. The van der Waals surface area contributed by atoms with Crippen LogP contribution in [0.2, 0.25) is 0 Å². The Morgan fingerprint density at radius 2 is 2.00 bits per heavy atom. The quantitative estimate of drug-likeness (QED) is 0.812. The number of aliphatic hydroxyl groups is 1. The summed E-state index contributed by atoms with van der Waals surface area (Å²) in [6.07, 6.45) is 9.37. The Hall–Kier alpha value is -1.30. The molecular weight excluding hydrogens is 258 g/mol. The molecule has 1 atom stereocenters. The molecule has 1 fully saturated rings. The summed E-state index contributed by atoms with van der Waals surface area (Å²) in [5.74, 6) is 7.49. The highest BCUT2D eigenvalue weighted by molar-refractivity contribution is 5.28. The smallest absolute Gasteiger partial charge is 0.0449 e. The predicted octanol–water partition coefficient (Wildman–Crippen LogP) is 3.59. The molecule has 1 saturated carbocycles. The van der Waals surface area contributed by atoms with E-state index in [1.165, 1.54) is 37.7 Å². The second-order valence-electron chi connectivity index (χ2n) is 6.10. The minimum atomic E-state index is -0.0786. The first-order valence-electron chi connectivity index (χ1n) is 8.20. The number of hydrogen-bond acceptors (Lipinski definition) is 2. The standard InChI is InChI=1S/C19H27NO/c20-19(13-14-21)18-12-6-11-17(15-18)10-5-4-9-16-7-2-1-3-8-16/h6,11-12,15-16,19,21H,1-3,7-10,13-14,20H2. The molecule has 0 bridgehead atoms. The van der Waals surface area contributed by atoms with Crippen LogP contribution < -0.4 is 5.73 Å². The van der Waals surface area contributed by atoms with Crippen LogP contribution in [0.25, 0.3) is 0 Å². The molecule has 0 heterocycles. The van der Waals surface area contributed by atoms with Gasteiger partial charge in [0.05, 0.1) is 0 Å². The van der Waals surface area contributed by atoms with Gasteiger partial charge in [-0.15, -0.1) is 5.92 Å². The maximum absolute atomic E-state index is 8.96. The number of hydrogen-bond donors (Lipinski definition) is 2. The van der Waals surface area contributed by atoms with E-state index in [9.17, 15) is 0 Å². The van der Waals surface area contributed by atoms with Crippen LogP contribution in [0.4, 0.5) is 0 Å². The molecule has 0 spiro atoms. The highest BCUT2D eigenvalue weighted by atomic mass is 16.3. The van der Waals surface area contributed by atoms with Gasteiger partial charge in [0.25, 0.3) is 0 Å². The summed E-state index contributed by atoms with van der Waals surface area (Å²) in [7, 11) is 0. The largest absolute Gasteiger partial charge is 0.396 e. The van der Waals surface area contributed by atoms with Crippen molar-refractivity contribution in [1.29, 1.82) is 0 Å². The molecule has 1 aromatic rings. The van der Waals surface area contributed by atoms with Gasteiger partial charge < -0.3 is 10.8 Å². The fourth-order valence-corrected chi connectivity index (χ4v) is 3.01. The normalized spacial score (nSPS) is 17.0. The Balaban J connectivity index is 1.84. The summed E-state index contributed by atoms with van der Waals surface area (Å²) >= 11 is 0. The van der Waals surface area contributed by atoms with Gasteiger partial charge >= 0.3 is 0 Å². The molecule has 21 heavy (non-hydrogen) atoms. The van der Waals surface area contributed by atoms with Crippen molar-refractivity contribution >= 4 is 0 Å². The molecular formula is C19H27NO. The van der Waals surface area contributed by atoms with Gasteiger partial charge in [-0.25, -0.2) is 0 Å². The first kappa shape index (κ1) is 16.1. The summed E-state index contributed by atoms with van der Waals surface area (Å²) in [4.78, 5) is 0. The van der Waals surface area contributed by atoms with Crippen LogP contribution in [0.5, 0.6) is 0 Å². The molecule has 2 heteroatoms. The fraction of sp³-hybridized carbons (Fsp3) is 0.579. The van der Waals surface area contributed by atoms with E-state index in [0.717, 1.165) is 24.3 Å². The lowest BCUT2D eigenvalue weighted by Crippen LogP contribution is -2.12. The first-order chi connectivity index (χ1) is 10.3. The number of rotatable bonds is 5. The van der Waals surface area contributed by atoms with E-state index in [1.807, 2.05) is 12.1 Å². The van der Waals surface area contributed by atoms with Crippen LogP contribution in [0, 0.1) is 17.8 Å². The third-order valence-electron chi connectivity index (χ3n) is 4.35. The van der Waals surface area contributed by atoms with Crippen molar-refractivity contribution in [3.05, 3.63) is 35.4 Å². The minimum Gasteiger partial charge on any atom is -0.396 e. The maximum Gasteiger partial charge on any atom is 0.0449 e. The van der Waals surface area contributed by atoms with Crippen LogP contribution in [0.3, 0.4) is 0 Å². The van der Waals surface area contributed by atoms with Crippen molar-refractivity contribution in [2.45, 2.75) is 57.4 Å². The van der Waals surface area contributed by atoms with E-state index >= 15 is 0 Å². The Morgan fingerprint density at radius 1 is 1.19 bits per heavy atom. The highest BCUT2D eigenvalue weighted by Crippen LogP contribution is 2.25. The van der Waals surface area contributed by atoms with E-state index in [2.05, 4.69) is 24.0 Å². The molecule has 0 saturated heterocycles. The topological polar surface area (TPSA) is 46.2 Å². The van der Waals surface area contributed by atoms with E-state index in [1.54, 1.807) is 0 Å². The van der Waals surface area contributed by atoms with Gasteiger partial charge in [-0.05, 0) is 36.3 Å². The predicted molar refractivity (Wildman–Crippen MR) is 87.7 cm³/mol. The third-order valence-corrected chi connectivity index (χ3v) is 4.35. The molecule has 3 N–H and O–H groups in total. The van der Waals surface area contributed by atoms with Gasteiger partial charge in [0.15, 0.2) is 0 Å². The third kappa shape index (κ3) is 5.53. The molecule has 114 valence electrons. The average Bonchev–Trinajstić information content (AvgIpc) is 2.53. The van der Waals surface area contributed by atoms with Crippen LogP contribution >= 0.6 is 0 Å². The van der Waals surface area contributed by atoms with Gasteiger partial charge in [0.2, 0.25) is 0 Å². The molecule has 2 rings (SSSR count). The molecule has 1 unspecified atom stereocenters. The second kappa shape index (κ2) is 8.87. The number of nitrogens with two attached hydrogens (primary N) is 1. The molecule has 1 aliphatic carbocycles. The van der Waals surface area contributed by atoms with Gasteiger partial charge in [-0.3, -0.25) is 0 Å². The average molecular weight is 285 g/mol. The number of aliphatic hydroxyl groups excluding tert-OH is 1. The van der Waals surface area contributed by atoms with Crippen molar-refractivity contribution in [2.24, 2.45) is 11.7 Å². The van der Waals surface area contributed by atoms with E-state index in [0.29, 0.717) is 6.42 Å². The van der Waals surface area contributed by atoms with Crippen LogP contribution in [0.15, 0.2) is 24.3 Å². The lowest BCUT2D eigenvalue weighted by molar-refractivity contribution is 0.276. The summed E-state index contributed by atoms with van der Waals surface area (Å²) in [5, 5.41) is 8.96. The van der Waals surface area contributed by atoms with Crippen LogP contribution in [-0.4, -0.2) is 11.7 Å². The van der Waals surface area contributed by atoms with E-state index in [-0.39, 0.29) is 12.6 Å². The van der Waals surface area contributed by atoms with Gasteiger partial charge in [0.1, 0.15) is 0 Å². The van der Waals surface area contributed by atoms with E-state index < -0.39 is 0 Å². The molecule has 0 aliphatic heterocycles. The van der Waals surface area contributed by atoms with Crippen molar-refractivity contribution in [1.82, 2.24) is 0 Å². The number of benzene rings is 1. The van der Waals surface area contributed by atoms with Crippen molar-refractivity contribution < 1.29 is 5.11 Å². The van der Waals surface area contributed by atoms with Crippen LogP contribution in [0.1, 0.15) is 62.1 Å². The Labute approximate surface area is 128 Å². The molecule has 1 aliphatic rings. The summed E-state index contributed by atoms with van der Waals surface area (Å²) in [5.41, 5.74) is 8.34. The molecule has 2 nitrogen and oxygen atoms in total. The zero-order chi connectivity index (χ0) is 14.9. The monoisotopic (exact) mass is 285 g/mol. The fourth-order valence-electron chi connectivity index (χ4n) is 3.01. The minimum absolute atomic E-state index is 0.0786. The highest BCUT2D eigenvalue weighted by Gasteiger charge is 2.11. The second-order valence-corrected chi connectivity index (χ2v) is 6.10. The van der Waals surface area contributed by atoms with Crippen molar-refractivity contribution in [3.63, 3.8) is 0 Å². The molecule has 1 aromatic carbocycles. The lowest BCUT2D eigenvalue weighted by Gasteiger charge is -2.18. The Bertz CT molecular complexity index is 480. The van der Waals surface area contributed by atoms with Crippen molar-refractivity contribution in [2.75, 3.05) is 6.61 Å². The van der Waals surface area contributed by atoms with Gasteiger partial charge in [-0.1, -0.05) is 49.4 Å². The Kier molecular flexibility index (Phi) is 6.79. The zero-order valence-corrected chi connectivity index (χ0v) is 12.9. The lowest BCUT2D eigenvalue weighted by atomic mass is 9.87. The molecule has 0 radical (unpaired) electrons. The molecule has 0 aromatic heterocycles. The first-order valence-corrected chi connectivity index (χ1v) is 8.20. The molecule has 0 amide bonds. The summed E-state index contributed by atoms with van der Waals surface area (Å²) < 4.78 is 0. The van der Waals surface area contributed by atoms with Gasteiger partial charge in [0, 0.05) is 25.5 Å². The summed E-state index contributed by atoms with van der Waals surface area (Å²) in [6.45, 7) is 0.132. The van der Waals surface area contributed by atoms with Crippen molar-refractivity contribution in [3.8, 4) is 11.8 Å². The maximum atomic E-state index is 8.96. The van der Waals surface area contributed by atoms with E-state index in [4.69, 9.17) is 10.8 Å². The SMILES string of the molecule is NC(CCO)c1cccc(CC#CCC2CCCCC2)c1.